The molecular weight excluding hydrogens is 446 g/mol. The van der Waals surface area contributed by atoms with Gasteiger partial charge in [-0.3, -0.25) is 4.79 Å². The summed E-state index contributed by atoms with van der Waals surface area (Å²) in [6.07, 6.45) is -0.968. The van der Waals surface area contributed by atoms with Crippen LogP contribution in [0.5, 0.6) is 5.75 Å². The molecule has 0 saturated heterocycles. The number of aryl methyl sites for hydroxylation is 1. The van der Waals surface area contributed by atoms with Crippen LogP contribution in [0.2, 0.25) is 0 Å². The minimum absolute atomic E-state index is 0.258. The van der Waals surface area contributed by atoms with Gasteiger partial charge in [0, 0.05) is 23.2 Å². The molecule has 1 aromatic heterocycles. The molecule has 0 aliphatic rings. The van der Waals surface area contributed by atoms with Crippen molar-refractivity contribution in [2.24, 2.45) is 0 Å². The molecule has 0 spiro atoms. The zero-order valence-corrected chi connectivity index (χ0v) is 19.6. The molecule has 1 amide bonds. The van der Waals surface area contributed by atoms with E-state index in [1.165, 1.54) is 6.92 Å². The van der Waals surface area contributed by atoms with Crippen LogP contribution in [0, 0.1) is 6.92 Å². The number of amides is 1. The first-order chi connectivity index (χ1) is 17.0. The highest BCUT2D eigenvalue weighted by Gasteiger charge is 2.20. The van der Waals surface area contributed by atoms with Crippen LogP contribution in [0.3, 0.4) is 0 Å². The molecule has 1 atom stereocenters. The Morgan fingerprint density at radius 2 is 1.63 bits per heavy atom. The molecule has 0 saturated carbocycles. The number of nitrogens with zero attached hydrogens (tertiary/aromatic N) is 2. The summed E-state index contributed by atoms with van der Waals surface area (Å²) in [4.78, 5) is 24.9. The van der Waals surface area contributed by atoms with E-state index in [9.17, 15) is 9.59 Å². The molecule has 8 nitrogen and oxygen atoms in total. The second kappa shape index (κ2) is 10.6. The van der Waals surface area contributed by atoms with Gasteiger partial charge in [-0.05, 0) is 55.8 Å². The van der Waals surface area contributed by atoms with E-state index in [4.69, 9.17) is 13.9 Å². The fourth-order valence-electron chi connectivity index (χ4n) is 3.47. The van der Waals surface area contributed by atoms with Crippen molar-refractivity contribution in [2.75, 3.05) is 7.11 Å². The molecular formula is C27H25N3O5. The van der Waals surface area contributed by atoms with Crippen molar-refractivity contribution in [3.05, 3.63) is 89.5 Å². The number of rotatable bonds is 8. The molecule has 178 valence electrons. The molecule has 1 N–H and O–H groups in total. The van der Waals surface area contributed by atoms with Crippen molar-refractivity contribution in [3.63, 3.8) is 0 Å². The Balaban J connectivity index is 1.36. The number of para-hydroxylation sites is 1. The Kier molecular flexibility index (Phi) is 7.21. The van der Waals surface area contributed by atoms with Crippen LogP contribution >= 0.6 is 0 Å². The molecule has 1 heterocycles. The Hall–Kier alpha value is -4.46. The van der Waals surface area contributed by atoms with Crippen molar-refractivity contribution in [1.82, 2.24) is 15.5 Å². The molecule has 3 aromatic carbocycles. The topological polar surface area (TPSA) is 104 Å². The minimum atomic E-state index is -0.968. The first-order valence-electron chi connectivity index (χ1n) is 11.1. The van der Waals surface area contributed by atoms with Gasteiger partial charge in [0.15, 0.2) is 6.10 Å². The summed E-state index contributed by atoms with van der Waals surface area (Å²) in [5.74, 6) is 0.421. The maximum atomic E-state index is 12.5. The van der Waals surface area contributed by atoms with Crippen LogP contribution in [-0.4, -0.2) is 35.3 Å². The fraction of sp³-hybridized carbons (Fsp3) is 0.185. The maximum Gasteiger partial charge on any atom is 0.338 e. The van der Waals surface area contributed by atoms with Gasteiger partial charge in [0.25, 0.3) is 5.91 Å². The lowest BCUT2D eigenvalue weighted by atomic mass is 10.1. The summed E-state index contributed by atoms with van der Waals surface area (Å²) in [6.45, 7) is 3.75. The second-order valence-corrected chi connectivity index (χ2v) is 7.88. The summed E-state index contributed by atoms with van der Waals surface area (Å²) < 4.78 is 16.4. The average molecular weight is 472 g/mol. The van der Waals surface area contributed by atoms with E-state index in [0.29, 0.717) is 28.7 Å². The van der Waals surface area contributed by atoms with Gasteiger partial charge >= 0.3 is 5.97 Å². The summed E-state index contributed by atoms with van der Waals surface area (Å²) in [6, 6.07) is 21.7. The largest absolute Gasteiger partial charge is 0.496 e. The van der Waals surface area contributed by atoms with Gasteiger partial charge in [-0.25, -0.2) is 4.79 Å². The van der Waals surface area contributed by atoms with Gasteiger partial charge in [-0.1, -0.05) is 36.4 Å². The van der Waals surface area contributed by atoms with Crippen LogP contribution in [-0.2, 0) is 16.1 Å². The first-order valence-corrected chi connectivity index (χ1v) is 11.1. The Labute approximate surface area is 202 Å². The zero-order valence-electron chi connectivity index (χ0n) is 19.6. The highest BCUT2D eigenvalue weighted by atomic mass is 16.5. The third-order valence-electron chi connectivity index (χ3n) is 5.47. The van der Waals surface area contributed by atoms with Crippen LogP contribution in [0.4, 0.5) is 0 Å². The van der Waals surface area contributed by atoms with E-state index in [0.717, 1.165) is 16.7 Å². The molecule has 4 aromatic rings. The monoisotopic (exact) mass is 471 g/mol. The summed E-state index contributed by atoms with van der Waals surface area (Å²) in [5.41, 5.74) is 3.68. The van der Waals surface area contributed by atoms with Crippen LogP contribution < -0.4 is 10.1 Å². The third kappa shape index (κ3) is 5.55. The number of hydrogen-bond acceptors (Lipinski definition) is 7. The molecule has 0 bridgehead atoms. The van der Waals surface area contributed by atoms with E-state index in [-0.39, 0.29) is 6.54 Å². The van der Waals surface area contributed by atoms with Crippen molar-refractivity contribution in [1.29, 1.82) is 0 Å². The number of ether oxygens (including phenoxy) is 2. The smallest absolute Gasteiger partial charge is 0.338 e. The van der Waals surface area contributed by atoms with Gasteiger partial charge in [0.05, 0.1) is 12.7 Å². The number of aromatic nitrogens is 2. The van der Waals surface area contributed by atoms with Gasteiger partial charge < -0.3 is 19.2 Å². The molecule has 0 fully saturated rings. The fourth-order valence-corrected chi connectivity index (χ4v) is 3.47. The Morgan fingerprint density at radius 1 is 0.943 bits per heavy atom. The molecule has 0 radical (unpaired) electrons. The number of methoxy groups -OCH3 is 1. The number of nitrogens with one attached hydrogen (secondary N) is 1. The van der Waals surface area contributed by atoms with Crippen LogP contribution in [0.25, 0.3) is 22.9 Å². The number of carbonyl (C=O) groups excluding carboxylic acids is 2. The van der Waals surface area contributed by atoms with Crippen LogP contribution in [0.15, 0.2) is 77.2 Å². The predicted octanol–water partition coefficient (Wildman–Crippen LogP) is 4.58. The Bertz CT molecular complexity index is 1330. The number of esters is 1. The first kappa shape index (κ1) is 23.7. The zero-order chi connectivity index (χ0) is 24.8. The highest BCUT2D eigenvalue weighted by molar-refractivity contribution is 5.92. The lowest BCUT2D eigenvalue weighted by Gasteiger charge is -2.14. The summed E-state index contributed by atoms with van der Waals surface area (Å²) >= 11 is 0. The van der Waals surface area contributed by atoms with Crippen molar-refractivity contribution >= 4 is 11.9 Å². The number of benzene rings is 3. The van der Waals surface area contributed by atoms with Gasteiger partial charge in [0.1, 0.15) is 5.75 Å². The lowest BCUT2D eigenvalue weighted by molar-refractivity contribution is -0.129. The minimum Gasteiger partial charge on any atom is -0.496 e. The molecule has 8 heteroatoms. The third-order valence-corrected chi connectivity index (χ3v) is 5.47. The van der Waals surface area contributed by atoms with E-state index in [1.807, 2.05) is 55.5 Å². The van der Waals surface area contributed by atoms with Crippen molar-refractivity contribution in [3.8, 4) is 28.7 Å². The molecule has 35 heavy (non-hydrogen) atoms. The standard InChI is InChI=1S/C27H25N3O5/c1-17-8-4-6-10-22(17)26-30-29-25(35-26)19-12-14-20(15-13-19)27(32)34-18(2)24(31)28-16-21-9-5-7-11-23(21)33-3/h4-15,18H,16H2,1-3H3,(H,28,31). The van der Waals surface area contributed by atoms with Gasteiger partial charge in [-0.2, -0.15) is 0 Å². The van der Waals surface area contributed by atoms with Crippen molar-refractivity contribution in [2.45, 2.75) is 26.5 Å². The van der Waals surface area contributed by atoms with E-state index < -0.39 is 18.0 Å². The highest BCUT2D eigenvalue weighted by Crippen LogP contribution is 2.26. The van der Waals surface area contributed by atoms with E-state index in [2.05, 4.69) is 15.5 Å². The van der Waals surface area contributed by atoms with Gasteiger partial charge in [0.2, 0.25) is 11.8 Å². The predicted molar refractivity (Wildman–Crippen MR) is 130 cm³/mol. The SMILES string of the molecule is COc1ccccc1CNC(=O)C(C)OC(=O)c1ccc(-c2nnc(-c3ccccc3C)o2)cc1. The van der Waals surface area contributed by atoms with Crippen molar-refractivity contribution < 1.29 is 23.5 Å². The lowest BCUT2D eigenvalue weighted by Crippen LogP contribution is -2.35. The number of hydrogen-bond donors (Lipinski definition) is 1. The Morgan fingerprint density at radius 3 is 2.37 bits per heavy atom. The van der Waals surface area contributed by atoms with E-state index in [1.54, 1.807) is 31.4 Å². The second-order valence-electron chi connectivity index (χ2n) is 7.88. The summed E-state index contributed by atoms with van der Waals surface area (Å²) in [5, 5.41) is 11.0. The molecule has 0 aliphatic heterocycles. The average Bonchev–Trinajstić information content (AvgIpc) is 3.37. The molecule has 1 unspecified atom stereocenters. The number of carbonyl (C=O) groups is 2. The van der Waals surface area contributed by atoms with Crippen LogP contribution in [0.1, 0.15) is 28.4 Å². The maximum absolute atomic E-state index is 12.5. The quantitative estimate of drug-likeness (QED) is 0.375. The van der Waals surface area contributed by atoms with E-state index >= 15 is 0 Å². The normalized spacial score (nSPS) is 11.5. The summed E-state index contributed by atoms with van der Waals surface area (Å²) in [7, 11) is 1.57. The molecule has 4 rings (SSSR count). The van der Waals surface area contributed by atoms with Gasteiger partial charge in [-0.15, -0.1) is 10.2 Å². The molecule has 0 aliphatic carbocycles.